The van der Waals surface area contributed by atoms with Crippen LogP contribution < -0.4 is 9.47 Å². The van der Waals surface area contributed by atoms with Gasteiger partial charge in [-0.2, -0.15) is 0 Å². The molecular formula is C27H36N2O6. The summed E-state index contributed by atoms with van der Waals surface area (Å²) in [4.78, 5) is 31.6. The molecular weight excluding hydrogens is 448 g/mol. The van der Waals surface area contributed by atoms with Crippen LogP contribution in [0.3, 0.4) is 0 Å². The maximum atomic E-state index is 13.1. The van der Waals surface area contributed by atoms with Gasteiger partial charge in [0.2, 0.25) is 5.60 Å². The number of esters is 1. The van der Waals surface area contributed by atoms with Crippen molar-refractivity contribution in [2.45, 2.75) is 66.2 Å². The SMILES string of the molecule is CCOC(=O)C(C)(C)OC(=O)N1CCc2cc(OCc3nc(C)ccc3OC)ccc2C1C(C)C. The topological polar surface area (TPSA) is 87.2 Å². The molecule has 0 fully saturated rings. The van der Waals surface area contributed by atoms with E-state index in [9.17, 15) is 9.59 Å². The number of hydrogen-bond donors (Lipinski definition) is 0. The number of methoxy groups -OCH3 is 1. The molecule has 1 aliphatic heterocycles. The molecule has 2 aromatic rings. The number of aryl methyl sites for hydroxylation is 1. The average Bonchev–Trinajstić information content (AvgIpc) is 2.81. The lowest BCUT2D eigenvalue weighted by Crippen LogP contribution is -2.47. The van der Waals surface area contributed by atoms with Gasteiger partial charge in [0.05, 0.1) is 19.8 Å². The Bertz CT molecular complexity index is 1070. The van der Waals surface area contributed by atoms with Crippen molar-refractivity contribution >= 4 is 12.1 Å². The molecule has 1 aromatic heterocycles. The molecule has 1 unspecified atom stereocenters. The van der Waals surface area contributed by atoms with Gasteiger partial charge in [-0.15, -0.1) is 0 Å². The van der Waals surface area contributed by atoms with E-state index in [1.807, 2.05) is 37.3 Å². The standard InChI is InChI=1S/C27H36N2O6/c1-8-33-25(30)27(5,6)35-26(31)29-14-13-19-15-20(10-11-21(19)24(29)17(2)3)34-16-22-23(32-7)12-9-18(4)28-22/h9-12,15,17,24H,8,13-14,16H2,1-7H3. The number of pyridine rings is 1. The van der Waals surface area contributed by atoms with E-state index in [2.05, 4.69) is 18.8 Å². The number of carbonyl (C=O) groups is 2. The quantitative estimate of drug-likeness (QED) is 0.487. The molecule has 0 aliphatic carbocycles. The number of ether oxygens (including phenoxy) is 4. The summed E-state index contributed by atoms with van der Waals surface area (Å²) >= 11 is 0. The van der Waals surface area contributed by atoms with Gasteiger partial charge in [0.25, 0.3) is 0 Å². The minimum Gasteiger partial charge on any atom is -0.495 e. The monoisotopic (exact) mass is 484 g/mol. The molecule has 0 saturated heterocycles. The van der Waals surface area contributed by atoms with Gasteiger partial charge in [0.1, 0.15) is 23.8 Å². The lowest BCUT2D eigenvalue weighted by molar-refractivity contribution is -0.162. The predicted molar refractivity (Wildman–Crippen MR) is 131 cm³/mol. The number of benzene rings is 1. The number of fused-ring (bicyclic) bond motifs is 1. The van der Waals surface area contributed by atoms with Gasteiger partial charge in [-0.1, -0.05) is 19.9 Å². The van der Waals surface area contributed by atoms with Gasteiger partial charge in [-0.3, -0.25) is 4.98 Å². The number of nitrogens with zero attached hydrogens (tertiary/aromatic N) is 2. The van der Waals surface area contributed by atoms with Crippen LogP contribution in [0.5, 0.6) is 11.5 Å². The summed E-state index contributed by atoms with van der Waals surface area (Å²) in [6, 6.07) is 9.55. The van der Waals surface area contributed by atoms with Gasteiger partial charge in [0.15, 0.2) is 0 Å². The van der Waals surface area contributed by atoms with E-state index in [0.29, 0.717) is 25.3 Å². The Hall–Kier alpha value is -3.29. The van der Waals surface area contributed by atoms with Gasteiger partial charge in [-0.05, 0) is 75.4 Å². The van der Waals surface area contributed by atoms with Crippen LogP contribution in [0.4, 0.5) is 4.79 Å². The second-order valence-electron chi connectivity index (χ2n) is 9.48. The Balaban J connectivity index is 1.77. The summed E-state index contributed by atoms with van der Waals surface area (Å²) in [5, 5.41) is 0. The number of carbonyl (C=O) groups excluding carboxylic acids is 2. The average molecular weight is 485 g/mol. The third-order valence-electron chi connectivity index (χ3n) is 6.03. The van der Waals surface area contributed by atoms with E-state index in [1.165, 1.54) is 0 Å². The molecule has 1 amide bonds. The van der Waals surface area contributed by atoms with Crippen LogP contribution >= 0.6 is 0 Å². The number of amides is 1. The van der Waals surface area contributed by atoms with Crippen molar-refractivity contribution in [3.05, 3.63) is 52.8 Å². The van der Waals surface area contributed by atoms with Crippen molar-refractivity contribution in [3.63, 3.8) is 0 Å². The first-order valence-corrected chi connectivity index (χ1v) is 12.0. The zero-order valence-electron chi connectivity index (χ0n) is 21.7. The van der Waals surface area contributed by atoms with Crippen LogP contribution in [-0.2, 0) is 27.3 Å². The first kappa shape index (κ1) is 26.3. The molecule has 1 atom stereocenters. The zero-order valence-corrected chi connectivity index (χ0v) is 21.7. The minimum atomic E-state index is -1.36. The summed E-state index contributed by atoms with van der Waals surface area (Å²) in [5.41, 5.74) is 2.45. The minimum absolute atomic E-state index is 0.139. The highest BCUT2D eigenvalue weighted by atomic mass is 16.6. The van der Waals surface area contributed by atoms with E-state index >= 15 is 0 Å². The first-order chi connectivity index (χ1) is 16.6. The molecule has 3 rings (SSSR count). The molecule has 8 nitrogen and oxygen atoms in total. The maximum Gasteiger partial charge on any atom is 0.411 e. The lowest BCUT2D eigenvalue weighted by Gasteiger charge is -2.40. The smallest absolute Gasteiger partial charge is 0.411 e. The fourth-order valence-corrected chi connectivity index (χ4v) is 4.31. The molecule has 0 N–H and O–H groups in total. The second-order valence-corrected chi connectivity index (χ2v) is 9.48. The molecule has 1 aliphatic rings. The predicted octanol–water partition coefficient (Wildman–Crippen LogP) is 5.01. The highest BCUT2D eigenvalue weighted by molar-refractivity contribution is 5.82. The van der Waals surface area contributed by atoms with E-state index in [0.717, 1.165) is 28.3 Å². The van der Waals surface area contributed by atoms with Crippen molar-refractivity contribution in [3.8, 4) is 11.5 Å². The maximum absolute atomic E-state index is 13.1. The lowest BCUT2D eigenvalue weighted by atomic mass is 9.86. The van der Waals surface area contributed by atoms with Crippen LogP contribution in [0, 0.1) is 12.8 Å². The van der Waals surface area contributed by atoms with Crippen LogP contribution in [0.15, 0.2) is 30.3 Å². The largest absolute Gasteiger partial charge is 0.495 e. The summed E-state index contributed by atoms with van der Waals surface area (Å²) < 4.78 is 22.1. The third kappa shape index (κ3) is 6.05. The molecule has 0 bridgehead atoms. The fourth-order valence-electron chi connectivity index (χ4n) is 4.31. The summed E-state index contributed by atoms with van der Waals surface area (Å²) in [6.07, 6.45) is 0.127. The fraction of sp³-hybridized carbons (Fsp3) is 0.519. The van der Waals surface area contributed by atoms with E-state index < -0.39 is 17.7 Å². The van der Waals surface area contributed by atoms with Crippen molar-refractivity contribution < 1.29 is 28.5 Å². The Morgan fingerprint density at radius 2 is 1.94 bits per heavy atom. The van der Waals surface area contributed by atoms with Crippen molar-refractivity contribution in [1.29, 1.82) is 0 Å². The second kappa shape index (κ2) is 11.0. The normalized spacial score (nSPS) is 15.4. The molecule has 1 aromatic carbocycles. The summed E-state index contributed by atoms with van der Waals surface area (Å²) in [6.45, 7) is 11.9. The highest BCUT2D eigenvalue weighted by Gasteiger charge is 2.39. The molecule has 0 saturated carbocycles. The zero-order chi connectivity index (χ0) is 25.8. The third-order valence-corrected chi connectivity index (χ3v) is 6.03. The Morgan fingerprint density at radius 1 is 1.20 bits per heavy atom. The number of rotatable bonds is 8. The molecule has 35 heavy (non-hydrogen) atoms. The summed E-state index contributed by atoms with van der Waals surface area (Å²) in [7, 11) is 1.62. The van der Waals surface area contributed by atoms with E-state index in [4.69, 9.17) is 18.9 Å². The van der Waals surface area contributed by atoms with Gasteiger partial charge < -0.3 is 23.8 Å². The number of aromatic nitrogens is 1. The first-order valence-electron chi connectivity index (χ1n) is 12.0. The van der Waals surface area contributed by atoms with Crippen molar-refractivity contribution in [2.75, 3.05) is 20.3 Å². The molecule has 2 heterocycles. The molecule has 8 heteroatoms. The van der Waals surface area contributed by atoms with Crippen LogP contribution in [-0.4, -0.2) is 47.8 Å². The van der Waals surface area contributed by atoms with Gasteiger partial charge in [-0.25, -0.2) is 9.59 Å². The van der Waals surface area contributed by atoms with Crippen LogP contribution in [0.1, 0.15) is 63.2 Å². The van der Waals surface area contributed by atoms with Crippen LogP contribution in [0.2, 0.25) is 0 Å². The Morgan fingerprint density at radius 3 is 2.60 bits per heavy atom. The van der Waals surface area contributed by atoms with Gasteiger partial charge in [0, 0.05) is 12.2 Å². The molecule has 190 valence electrons. The Kier molecular flexibility index (Phi) is 8.25. The van der Waals surface area contributed by atoms with Crippen molar-refractivity contribution in [2.24, 2.45) is 5.92 Å². The van der Waals surface area contributed by atoms with E-state index in [1.54, 1.807) is 32.8 Å². The molecule has 0 spiro atoms. The van der Waals surface area contributed by atoms with Gasteiger partial charge >= 0.3 is 12.1 Å². The Labute approximate surface area is 207 Å². The van der Waals surface area contributed by atoms with E-state index in [-0.39, 0.29) is 18.6 Å². The summed E-state index contributed by atoms with van der Waals surface area (Å²) in [5.74, 6) is 0.998. The van der Waals surface area contributed by atoms with Crippen molar-refractivity contribution in [1.82, 2.24) is 9.88 Å². The molecule has 0 radical (unpaired) electrons. The highest BCUT2D eigenvalue weighted by Crippen LogP contribution is 2.38. The number of hydrogen-bond acceptors (Lipinski definition) is 7. The van der Waals surface area contributed by atoms with Crippen LogP contribution in [0.25, 0.3) is 0 Å².